The number of aliphatic hydroxyl groups excluding tert-OH is 1. The largest absolute Gasteiger partial charge is 0.396 e. The third-order valence-electron chi connectivity index (χ3n) is 4.76. The zero-order valence-corrected chi connectivity index (χ0v) is 12.4. The van der Waals surface area contributed by atoms with Crippen molar-refractivity contribution in [1.82, 2.24) is 10.2 Å². The van der Waals surface area contributed by atoms with Crippen molar-refractivity contribution < 1.29 is 9.90 Å². The molecular weight excluding hydrogens is 254 g/mol. The van der Waals surface area contributed by atoms with Gasteiger partial charge in [0.2, 0.25) is 5.91 Å². The second-order valence-corrected chi connectivity index (χ2v) is 6.22. The van der Waals surface area contributed by atoms with E-state index in [4.69, 9.17) is 5.73 Å². The lowest BCUT2D eigenvalue weighted by Crippen LogP contribution is -2.48. The van der Waals surface area contributed by atoms with E-state index in [2.05, 4.69) is 5.32 Å². The molecule has 116 valence electrons. The number of hydrogen-bond acceptors (Lipinski definition) is 4. The van der Waals surface area contributed by atoms with E-state index < -0.39 is 0 Å². The van der Waals surface area contributed by atoms with E-state index in [1.54, 1.807) is 0 Å². The number of carbonyl (C=O) groups excluding carboxylic acids is 1. The van der Waals surface area contributed by atoms with Gasteiger partial charge in [-0.15, -0.1) is 0 Å². The van der Waals surface area contributed by atoms with Gasteiger partial charge >= 0.3 is 0 Å². The van der Waals surface area contributed by atoms with Crippen LogP contribution in [0, 0.1) is 5.92 Å². The maximum Gasteiger partial charge on any atom is 0.224 e. The first kappa shape index (κ1) is 15.7. The molecule has 2 rings (SSSR count). The van der Waals surface area contributed by atoms with Gasteiger partial charge in [-0.05, 0) is 38.0 Å². The highest BCUT2D eigenvalue weighted by atomic mass is 16.3. The van der Waals surface area contributed by atoms with E-state index in [1.807, 2.05) is 4.90 Å². The molecule has 5 nitrogen and oxygen atoms in total. The number of nitrogens with one attached hydrogen (secondary N) is 1. The molecule has 3 atom stereocenters. The average molecular weight is 283 g/mol. The Kier molecular flexibility index (Phi) is 6.26. The van der Waals surface area contributed by atoms with Crippen molar-refractivity contribution in [2.45, 2.75) is 57.0 Å². The third-order valence-corrected chi connectivity index (χ3v) is 4.76. The van der Waals surface area contributed by atoms with Crippen molar-refractivity contribution in [3.8, 4) is 0 Å². The maximum absolute atomic E-state index is 12.3. The Bertz CT molecular complexity index is 305. The summed E-state index contributed by atoms with van der Waals surface area (Å²) in [5, 5.41) is 12.9. The monoisotopic (exact) mass is 283 g/mol. The summed E-state index contributed by atoms with van der Waals surface area (Å²) in [6, 6.07) is 0.365. The summed E-state index contributed by atoms with van der Waals surface area (Å²) in [4.78, 5) is 14.3. The summed E-state index contributed by atoms with van der Waals surface area (Å²) in [6.07, 6.45) is 7.29. The fraction of sp³-hybridized carbons (Fsp3) is 0.933. The summed E-state index contributed by atoms with van der Waals surface area (Å²) in [5.74, 6) is 0.556. The highest BCUT2D eigenvalue weighted by Gasteiger charge is 2.29. The van der Waals surface area contributed by atoms with Crippen molar-refractivity contribution in [2.24, 2.45) is 11.7 Å². The number of piperidine rings is 1. The second-order valence-electron chi connectivity index (χ2n) is 6.22. The Labute approximate surface area is 121 Å². The molecule has 0 bridgehead atoms. The van der Waals surface area contributed by atoms with Gasteiger partial charge in [0.15, 0.2) is 0 Å². The van der Waals surface area contributed by atoms with Gasteiger partial charge < -0.3 is 21.1 Å². The molecule has 3 unspecified atom stereocenters. The van der Waals surface area contributed by atoms with Crippen molar-refractivity contribution in [3.63, 3.8) is 0 Å². The Morgan fingerprint density at radius 1 is 1.25 bits per heavy atom. The van der Waals surface area contributed by atoms with Crippen LogP contribution in [0.5, 0.6) is 0 Å². The van der Waals surface area contributed by atoms with Gasteiger partial charge in [0.25, 0.3) is 0 Å². The molecule has 0 radical (unpaired) electrons. The van der Waals surface area contributed by atoms with Crippen LogP contribution in [0.3, 0.4) is 0 Å². The fourth-order valence-corrected chi connectivity index (χ4v) is 3.47. The van der Waals surface area contributed by atoms with Gasteiger partial charge in [0, 0.05) is 44.7 Å². The molecule has 0 aromatic carbocycles. The Balaban J connectivity index is 1.80. The predicted molar refractivity (Wildman–Crippen MR) is 79.2 cm³/mol. The van der Waals surface area contributed by atoms with E-state index in [-0.39, 0.29) is 18.6 Å². The van der Waals surface area contributed by atoms with Crippen molar-refractivity contribution in [1.29, 1.82) is 0 Å². The summed E-state index contributed by atoms with van der Waals surface area (Å²) < 4.78 is 0. The van der Waals surface area contributed by atoms with Crippen LogP contribution < -0.4 is 11.1 Å². The SMILES string of the molecule is NCC(CC(=O)N1CCCCC1)NC1CCCC1CO. The number of likely N-dealkylation sites (tertiary alicyclic amines) is 1. The molecule has 2 aliphatic rings. The van der Waals surface area contributed by atoms with Crippen LogP contribution in [0.4, 0.5) is 0 Å². The lowest BCUT2D eigenvalue weighted by atomic mass is 10.0. The number of rotatable bonds is 6. The molecule has 1 heterocycles. The molecule has 4 N–H and O–H groups in total. The smallest absolute Gasteiger partial charge is 0.224 e. The molecule has 1 aliphatic carbocycles. The third kappa shape index (κ3) is 4.17. The van der Waals surface area contributed by atoms with E-state index in [0.29, 0.717) is 24.9 Å². The summed E-state index contributed by atoms with van der Waals surface area (Å²) in [7, 11) is 0. The lowest BCUT2D eigenvalue weighted by molar-refractivity contribution is -0.132. The summed E-state index contributed by atoms with van der Waals surface area (Å²) >= 11 is 0. The van der Waals surface area contributed by atoms with Crippen molar-refractivity contribution in [3.05, 3.63) is 0 Å². The molecule has 0 aromatic rings. The van der Waals surface area contributed by atoms with Gasteiger partial charge in [-0.3, -0.25) is 4.79 Å². The number of nitrogens with two attached hydrogens (primary N) is 1. The Hall–Kier alpha value is -0.650. The first-order chi connectivity index (χ1) is 9.74. The van der Waals surface area contributed by atoms with E-state index in [0.717, 1.165) is 45.2 Å². The minimum absolute atomic E-state index is 0.0431. The molecule has 5 heteroatoms. The van der Waals surface area contributed by atoms with Gasteiger partial charge in [-0.1, -0.05) is 6.42 Å². The molecule has 20 heavy (non-hydrogen) atoms. The first-order valence-corrected chi connectivity index (χ1v) is 8.09. The van der Waals surface area contributed by atoms with Crippen molar-refractivity contribution >= 4 is 5.91 Å². The number of amides is 1. The minimum atomic E-state index is 0.0431. The fourth-order valence-electron chi connectivity index (χ4n) is 3.47. The molecule has 0 aromatic heterocycles. The molecule has 1 amide bonds. The van der Waals surface area contributed by atoms with Crippen LogP contribution in [0.15, 0.2) is 0 Å². The molecule has 2 fully saturated rings. The lowest BCUT2D eigenvalue weighted by Gasteiger charge is -2.30. The highest BCUT2D eigenvalue weighted by Crippen LogP contribution is 2.25. The van der Waals surface area contributed by atoms with Crippen LogP contribution in [-0.2, 0) is 4.79 Å². The number of aliphatic hydroxyl groups is 1. The molecular formula is C15H29N3O2. The van der Waals surface area contributed by atoms with Crippen LogP contribution in [0.1, 0.15) is 44.9 Å². The molecule has 0 spiro atoms. The first-order valence-electron chi connectivity index (χ1n) is 8.09. The van der Waals surface area contributed by atoms with Crippen LogP contribution in [-0.4, -0.2) is 54.2 Å². The zero-order valence-electron chi connectivity index (χ0n) is 12.4. The van der Waals surface area contributed by atoms with Crippen molar-refractivity contribution in [2.75, 3.05) is 26.2 Å². The Morgan fingerprint density at radius 2 is 2.00 bits per heavy atom. The summed E-state index contributed by atoms with van der Waals surface area (Å²) in [6.45, 7) is 2.51. The maximum atomic E-state index is 12.3. The minimum Gasteiger partial charge on any atom is -0.396 e. The van der Waals surface area contributed by atoms with Gasteiger partial charge in [0.05, 0.1) is 0 Å². The Morgan fingerprint density at radius 3 is 2.65 bits per heavy atom. The average Bonchev–Trinajstić information content (AvgIpc) is 2.94. The standard InChI is InChI=1S/C15H29N3O2/c16-10-13(17-14-6-4-5-12(14)11-19)9-15(20)18-7-2-1-3-8-18/h12-14,17,19H,1-11,16H2. The van der Waals surface area contributed by atoms with Crippen LogP contribution in [0.25, 0.3) is 0 Å². The molecule has 1 saturated carbocycles. The van der Waals surface area contributed by atoms with Gasteiger partial charge in [-0.2, -0.15) is 0 Å². The van der Waals surface area contributed by atoms with E-state index >= 15 is 0 Å². The number of hydrogen-bond donors (Lipinski definition) is 3. The zero-order chi connectivity index (χ0) is 14.4. The molecule has 1 saturated heterocycles. The quantitative estimate of drug-likeness (QED) is 0.662. The van der Waals surface area contributed by atoms with Crippen LogP contribution >= 0.6 is 0 Å². The van der Waals surface area contributed by atoms with Gasteiger partial charge in [0.1, 0.15) is 0 Å². The van der Waals surface area contributed by atoms with Gasteiger partial charge in [-0.25, -0.2) is 0 Å². The highest BCUT2D eigenvalue weighted by molar-refractivity contribution is 5.76. The second kappa shape index (κ2) is 7.96. The van der Waals surface area contributed by atoms with Crippen LogP contribution in [0.2, 0.25) is 0 Å². The number of nitrogens with zero attached hydrogens (tertiary/aromatic N) is 1. The predicted octanol–water partition coefficient (Wildman–Crippen LogP) is 0.467. The summed E-state index contributed by atoms with van der Waals surface area (Å²) in [5.41, 5.74) is 5.82. The normalized spacial score (nSPS) is 28.6. The topological polar surface area (TPSA) is 78.6 Å². The van der Waals surface area contributed by atoms with E-state index in [1.165, 1.54) is 6.42 Å². The molecule has 1 aliphatic heterocycles. The number of carbonyl (C=O) groups is 1. The van der Waals surface area contributed by atoms with E-state index in [9.17, 15) is 9.90 Å².